The number of amides is 2. The molecule has 2 aliphatic heterocycles. The molecule has 9 nitrogen and oxygen atoms in total. The number of benzene rings is 2. The molecule has 11 heteroatoms. The van der Waals surface area contributed by atoms with E-state index in [4.69, 9.17) is 4.74 Å². The summed E-state index contributed by atoms with van der Waals surface area (Å²) in [6.07, 6.45) is 4.81. The van der Waals surface area contributed by atoms with E-state index in [1.165, 1.54) is 24.5 Å². The second-order valence-corrected chi connectivity index (χ2v) is 10.9. The molecular weight excluding hydrogens is 554 g/mol. The number of nitrogens with one attached hydrogen (secondary N) is 2. The number of benzodiazepines with no additional fused rings is 1. The number of aliphatic imine (C=N–C) groups is 1. The Balaban J connectivity index is 1.29. The van der Waals surface area contributed by atoms with E-state index in [0.717, 1.165) is 18.4 Å². The fourth-order valence-electron chi connectivity index (χ4n) is 5.70. The molecule has 7 rings (SSSR count). The van der Waals surface area contributed by atoms with Crippen LogP contribution in [0, 0.1) is 11.8 Å². The van der Waals surface area contributed by atoms with Crippen LogP contribution in [0.3, 0.4) is 0 Å². The van der Waals surface area contributed by atoms with Crippen molar-refractivity contribution in [2.24, 2.45) is 4.99 Å². The lowest BCUT2D eigenvalue weighted by Crippen LogP contribution is -2.42. The van der Waals surface area contributed by atoms with Gasteiger partial charge in [0.05, 0.1) is 40.5 Å². The number of para-hydroxylation sites is 1. The lowest BCUT2D eigenvalue weighted by molar-refractivity contribution is -0.117. The van der Waals surface area contributed by atoms with Crippen molar-refractivity contribution >= 4 is 23.2 Å². The highest BCUT2D eigenvalue weighted by Crippen LogP contribution is 2.42. The first-order valence-electron chi connectivity index (χ1n) is 14.3. The standard InChI is InChI=1S/C32H28F2N6O3/c33-25-8-4-7-22-26(19-5-2-1-3-6-19)37-30(32(42)38-27(22)25)39-31(41)24-17-36-40(21-11-13-43-14-12-21)28(24)23-15-20(18-9-10-18)16-35-29(23)34/h1-8,15-18,21,30H,9-14H2,(H,38,42)(H,39,41)/t30-/m1/s1. The number of hydrogen-bond donors (Lipinski definition) is 2. The molecule has 1 saturated heterocycles. The molecule has 43 heavy (non-hydrogen) atoms. The summed E-state index contributed by atoms with van der Waals surface area (Å²) < 4.78 is 37.5. The van der Waals surface area contributed by atoms with Crippen LogP contribution in [0.4, 0.5) is 14.5 Å². The van der Waals surface area contributed by atoms with Crippen LogP contribution in [0.1, 0.15) is 64.7 Å². The van der Waals surface area contributed by atoms with E-state index in [9.17, 15) is 14.0 Å². The van der Waals surface area contributed by atoms with Gasteiger partial charge in [-0.05, 0) is 49.3 Å². The lowest BCUT2D eigenvalue weighted by Gasteiger charge is -2.25. The largest absolute Gasteiger partial charge is 0.381 e. The number of pyridine rings is 1. The van der Waals surface area contributed by atoms with Gasteiger partial charge in [-0.2, -0.15) is 9.49 Å². The zero-order valence-electron chi connectivity index (χ0n) is 23.1. The molecule has 3 aliphatic rings. The van der Waals surface area contributed by atoms with E-state index >= 15 is 4.39 Å². The van der Waals surface area contributed by atoms with Gasteiger partial charge < -0.3 is 15.4 Å². The molecule has 2 N–H and O–H groups in total. The molecule has 1 saturated carbocycles. The molecule has 2 aromatic carbocycles. The van der Waals surface area contributed by atoms with E-state index in [1.54, 1.807) is 41.1 Å². The van der Waals surface area contributed by atoms with Gasteiger partial charge >= 0.3 is 0 Å². The minimum absolute atomic E-state index is 0.0232. The van der Waals surface area contributed by atoms with Crippen LogP contribution in [-0.2, 0) is 9.53 Å². The Kier molecular flexibility index (Phi) is 7.02. The Morgan fingerprint density at radius 3 is 2.53 bits per heavy atom. The van der Waals surface area contributed by atoms with Crippen molar-refractivity contribution in [1.29, 1.82) is 0 Å². The predicted molar refractivity (Wildman–Crippen MR) is 155 cm³/mol. The summed E-state index contributed by atoms with van der Waals surface area (Å²) in [5.41, 5.74) is 2.78. The Morgan fingerprint density at radius 1 is 0.977 bits per heavy atom. The highest BCUT2D eigenvalue weighted by atomic mass is 19.1. The number of nitrogens with zero attached hydrogens (tertiary/aromatic N) is 4. The van der Waals surface area contributed by atoms with Gasteiger partial charge in [0.15, 0.2) is 0 Å². The van der Waals surface area contributed by atoms with Crippen LogP contribution in [0.2, 0.25) is 0 Å². The van der Waals surface area contributed by atoms with Crippen molar-refractivity contribution in [3.05, 3.63) is 101 Å². The van der Waals surface area contributed by atoms with E-state index < -0.39 is 29.7 Å². The second-order valence-electron chi connectivity index (χ2n) is 10.9. The van der Waals surface area contributed by atoms with Crippen molar-refractivity contribution < 1.29 is 23.1 Å². The first kappa shape index (κ1) is 27.1. The number of fused-ring (bicyclic) bond motifs is 1. The summed E-state index contributed by atoms with van der Waals surface area (Å²) in [6.45, 7) is 1.04. The van der Waals surface area contributed by atoms with Crippen LogP contribution in [-0.4, -0.2) is 51.7 Å². The Labute approximate surface area is 246 Å². The van der Waals surface area contributed by atoms with Crippen molar-refractivity contribution in [3.8, 4) is 11.3 Å². The predicted octanol–water partition coefficient (Wildman–Crippen LogP) is 5.00. The monoisotopic (exact) mass is 582 g/mol. The number of ether oxygens (including phenoxy) is 1. The molecule has 2 aromatic heterocycles. The van der Waals surface area contributed by atoms with Gasteiger partial charge in [0.25, 0.3) is 11.8 Å². The minimum Gasteiger partial charge on any atom is -0.381 e. The second kappa shape index (κ2) is 11.1. The van der Waals surface area contributed by atoms with Gasteiger partial charge in [0.2, 0.25) is 12.1 Å². The summed E-state index contributed by atoms with van der Waals surface area (Å²) in [4.78, 5) is 35.9. The fraction of sp³-hybridized carbons (Fsp3) is 0.281. The summed E-state index contributed by atoms with van der Waals surface area (Å²) in [7, 11) is 0. The van der Waals surface area contributed by atoms with Gasteiger partial charge in [0, 0.05) is 30.5 Å². The average molecular weight is 583 g/mol. The summed E-state index contributed by atoms with van der Waals surface area (Å²) in [6, 6.07) is 15.1. The van der Waals surface area contributed by atoms with Crippen molar-refractivity contribution in [2.75, 3.05) is 18.5 Å². The molecule has 1 aliphatic carbocycles. The molecule has 4 heterocycles. The van der Waals surface area contributed by atoms with Crippen molar-refractivity contribution in [1.82, 2.24) is 20.1 Å². The van der Waals surface area contributed by atoms with Gasteiger partial charge in [-0.3, -0.25) is 14.3 Å². The van der Waals surface area contributed by atoms with Gasteiger partial charge in [-0.15, -0.1) is 0 Å². The Hall–Kier alpha value is -4.77. The third kappa shape index (κ3) is 5.20. The molecule has 0 spiro atoms. The lowest BCUT2D eigenvalue weighted by atomic mass is 10.0. The minimum atomic E-state index is -1.41. The normalized spacial score (nSPS) is 18.8. The van der Waals surface area contributed by atoms with Crippen molar-refractivity contribution in [3.63, 3.8) is 0 Å². The highest BCUT2D eigenvalue weighted by Gasteiger charge is 2.33. The smallest absolute Gasteiger partial charge is 0.269 e. The molecular formula is C32H28F2N6O3. The Morgan fingerprint density at radius 2 is 1.77 bits per heavy atom. The Bertz CT molecular complexity index is 1750. The SMILES string of the molecule is O=C(N[C@H]1N=C(c2ccccc2)c2cccc(F)c2NC1=O)c1cnn(C2CCOCC2)c1-c1cc(C2CC2)cnc1F. The van der Waals surface area contributed by atoms with Crippen LogP contribution in [0.25, 0.3) is 11.3 Å². The zero-order chi connectivity index (χ0) is 29.5. The number of anilines is 1. The van der Waals surface area contributed by atoms with Crippen LogP contribution in [0.15, 0.2) is 72.0 Å². The van der Waals surface area contributed by atoms with Crippen LogP contribution < -0.4 is 10.6 Å². The third-order valence-electron chi connectivity index (χ3n) is 8.08. The number of carbonyl (C=O) groups excluding carboxylic acids is 2. The van der Waals surface area contributed by atoms with E-state index in [2.05, 4.69) is 25.7 Å². The average Bonchev–Trinajstić information content (AvgIpc) is 3.81. The maximum Gasteiger partial charge on any atom is 0.269 e. The molecule has 0 unspecified atom stereocenters. The molecule has 4 aromatic rings. The fourth-order valence-corrected chi connectivity index (χ4v) is 5.70. The number of carbonyl (C=O) groups is 2. The maximum atomic E-state index is 15.4. The van der Waals surface area contributed by atoms with E-state index in [0.29, 0.717) is 48.8 Å². The van der Waals surface area contributed by atoms with Crippen LogP contribution >= 0.6 is 0 Å². The molecule has 2 fully saturated rings. The maximum absolute atomic E-state index is 15.4. The van der Waals surface area contributed by atoms with Gasteiger partial charge in [0.1, 0.15) is 5.82 Å². The third-order valence-corrected chi connectivity index (χ3v) is 8.08. The van der Waals surface area contributed by atoms with Crippen LogP contribution in [0.5, 0.6) is 0 Å². The van der Waals surface area contributed by atoms with Gasteiger partial charge in [-0.25, -0.2) is 14.4 Å². The zero-order valence-corrected chi connectivity index (χ0v) is 23.1. The number of halogens is 2. The van der Waals surface area contributed by atoms with E-state index in [-0.39, 0.29) is 28.6 Å². The molecule has 0 bridgehead atoms. The quantitative estimate of drug-likeness (QED) is 0.311. The molecule has 1 atom stereocenters. The van der Waals surface area contributed by atoms with E-state index in [1.807, 2.05) is 6.07 Å². The summed E-state index contributed by atoms with van der Waals surface area (Å²) in [5.74, 6) is -2.42. The summed E-state index contributed by atoms with van der Waals surface area (Å²) >= 11 is 0. The number of rotatable bonds is 6. The van der Waals surface area contributed by atoms with Crippen molar-refractivity contribution in [2.45, 2.75) is 43.8 Å². The highest BCUT2D eigenvalue weighted by molar-refractivity contribution is 6.20. The van der Waals surface area contributed by atoms with Gasteiger partial charge in [-0.1, -0.05) is 42.5 Å². The number of hydrogen-bond acceptors (Lipinski definition) is 6. The topological polar surface area (TPSA) is 110 Å². The first-order chi connectivity index (χ1) is 21.0. The molecule has 2 amide bonds. The first-order valence-corrected chi connectivity index (χ1v) is 14.3. The number of aromatic nitrogens is 3. The summed E-state index contributed by atoms with van der Waals surface area (Å²) in [5, 5.41) is 9.81. The molecule has 0 radical (unpaired) electrons. The molecule has 218 valence electrons.